The Bertz CT molecular complexity index is 370. The van der Waals surface area contributed by atoms with Gasteiger partial charge in [-0.2, -0.15) is 0 Å². The van der Waals surface area contributed by atoms with Crippen molar-refractivity contribution in [3.8, 4) is 12.3 Å². The maximum absolute atomic E-state index is 13.7. The monoisotopic (exact) mass is 225 g/mol. The molecular formula is C12H13ClFN. The topological polar surface area (TPSA) is 12.0 Å². The van der Waals surface area contributed by atoms with E-state index in [0.29, 0.717) is 12.0 Å². The lowest BCUT2D eigenvalue weighted by Gasteiger charge is -2.16. The van der Waals surface area contributed by atoms with E-state index in [0.717, 1.165) is 6.54 Å². The molecule has 1 unspecified atom stereocenters. The summed E-state index contributed by atoms with van der Waals surface area (Å²) in [6.07, 6.45) is 5.69. The van der Waals surface area contributed by atoms with Crippen LogP contribution in [0.3, 0.4) is 0 Å². The summed E-state index contributed by atoms with van der Waals surface area (Å²) in [5, 5.41) is 3.26. The van der Waals surface area contributed by atoms with Gasteiger partial charge in [0, 0.05) is 18.0 Å². The van der Waals surface area contributed by atoms with Crippen LogP contribution in [0.4, 0.5) is 4.39 Å². The zero-order valence-corrected chi connectivity index (χ0v) is 9.31. The van der Waals surface area contributed by atoms with E-state index in [1.807, 2.05) is 6.92 Å². The van der Waals surface area contributed by atoms with Gasteiger partial charge in [0.1, 0.15) is 5.82 Å². The standard InChI is InChI=1S/C12H13ClFN/c1-3-6-11(15-4-2)9-7-5-8-10(13)12(9)14/h1,5,7-8,11,15H,4,6H2,2H3. The average molecular weight is 226 g/mol. The predicted molar refractivity (Wildman–Crippen MR) is 61.3 cm³/mol. The smallest absolute Gasteiger partial charge is 0.146 e. The molecule has 0 saturated heterocycles. The first-order valence-electron chi connectivity index (χ1n) is 4.81. The van der Waals surface area contributed by atoms with Crippen LogP contribution in [0, 0.1) is 18.2 Å². The van der Waals surface area contributed by atoms with Gasteiger partial charge in [-0.05, 0) is 12.6 Å². The number of nitrogens with one attached hydrogen (secondary N) is 1. The van der Waals surface area contributed by atoms with Crippen molar-refractivity contribution in [3.63, 3.8) is 0 Å². The van der Waals surface area contributed by atoms with E-state index in [-0.39, 0.29) is 16.9 Å². The second kappa shape index (κ2) is 5.75. The van der Waals surface area contributed by atoms with Crippen molar-refractivity contribution in [3.05, 3.63) is 34.6 Å². The van der Waals surface area contributed by atoms with Crippen LogP contribution in [-0.2, 0) is 0 Å². The van der Waals surface area contributed by atoms with Gasteiger partial charge in [-0.3, -0.25) is 0 Å². The second-order valence-electron chi connectivity index (χ2n) is 3.16. The number of halogens is 2. The highest BCUT2D eigenvalue weighted by Crippen LogP contribution is 2.24. The molecule has 0 bridgehead atoms. The van der Waals surface area contributed by atoms with Crippen LogP contribution < -0.4 is 5.32 Å². The zero-order chi connectivity index (χ0) is 11.3. The highest BCUT2D eigenvalue weighted by atomic mass is 35.5. The van der Waals surface area contributed by atoms with E-state index in [1.54, 1.807) is 12.1 Å². The van der Waals surface area contributed by atoms with E-state index in [9.17, 15) is 4.39 Å². The lowest BCUT2D eigenvalue weighted by molar-refractivity contribution is 0.520. The molecule has 80 valence electrons. The van der Waals surface area contributed by atoms with Crippen molar-refractivity contribution >= 4 is 11.6 Å². The van der Waals surface area contributed by atoms with Gasteiger partial charge in [0.25, 0.3) is 0 Å². The van der Waals surface area contributed by atoms with Gasteiger partial charge < -0.3 is 5.32 Å². The Balaban J connectivity index is 3.00. The summed E-state index contributed by atoms with van der Waals surface area (Å²) in [7, 11) is 0. The maximum atomic E-state index is 13.7. The molecule has 0 aliphatic carbocycles. The van der Waals surface area contributed by atoms with Gasteiger partial charge >= 0.3 is 0 Å². The highest BCUT2D eigenvalue weighted by molar-refractivity contribution is 6.30. The van der Waals surface area contributed by atoms with E-state index in [1.165, 1.54) is 6.07 Å². The molecule has 0 fully saturated rings. The van der Waals surface area contributed by atoms with Crippen LogP contribution >= 0.6 is 11.6 Å². The molecule has 1 aromatic carbocycles. The van der Waals surface area contributed by atoms with Crippen molar-refractivity contribution in [2.24, 2.45) is 0 Å². The molecule has 0 heterocycles. The summed E-state index contributed by atoms with van der Waals surface area (Å²) in [6, 6.07) is 4.78. The van der Waals surface area contributed by atoms with Gasteiger partial charge in [-0.1, -0.05) is 30.7 Å². The summed E-state index contributed by atoms with van der Waals surface area (Å²) in [4.78, 5) is 0. The molecule has 0 amide bonds. The largest absolute Gasteiger partial charge is 0.309 e. The summed E-state index contributed by atoms with van der Waals surface area (Å²) >= 11 is 5.70. The van der Waals surface area contributed by atoms with Gasteiger partial charge in [0.2, 0.25) is 0 Å². The van der Waals surface area contributed by atoms with Crippen LogP contribution in [0.15, 0.2) is 18.2 Å². The summed E-state index contributed by atoms with van der Waals surface area (Å²) in [6.45, 7) is 2.68. The van der Waals surface area contributed by atoms with Crippen LogP contribution in [0.5, 0.6) is 0 Å². The van der Waals surface area contributed by atoms with E-state index < -0.39 is 0 Å². The van der Waals surface area contributed by atoms with Gasteiger partial charge in [0.05, 0.1) is 5.02 Å². The molecule has 0 aliphatic rings. The molecule has 15 heavy (non-hydrogen) atoms. The number of terminal acetylenes is 1. The third kappa shape index (κ3) is 2.95. The summed E-state index contributed by atoms with van der Waals surface area (Å²) < 4.78 is 13.7. The molecule has 0 aliphatic heterocycles. The zero-order valence-electron chi connectivity index (χ0n) is 8.56. The summed E-state index contributed by atoms with van der Waals surface area (Å²) in [5.41, 5.74) is 0.530. The molecule has 1 nitrogen and oxygen atoms in total. The number of rotatable bonds is 4. The Morgan fingerprint density at radius 1 is 1.60 bits per heavy atom. The first-order valence-corrected chi connectivity index (χ1v) is 5.19. The molecule has 0 saturated carbocycles. The van der Waals surface area contributed by atoms with Crippen LogP contribution in [-0.4, -0.2) is 6.54 Å². The molecular weight excluding hydrogens is 213 g/mol. The Morgan fingerprint density at radius 2 is 2.33 bits per heavy atom. The lowest BCUT2D eigenvalue weighted by atomic mass is 10.0. The van der Waals surface area contributed by atoms with Crippen LogP contribution in [0.2, 0.25) is 5.02 Å². The quantitative estimate of drug-likeness (QED) is 0.777. The fourth-order valence-electron chi connectivity index (χ4n) is 1.45. The van der Waals surface area contributed by atoms with E-state index >= 15 is 0 Å². The minimum atomic E-state index is -0.389. The Labute approximate surface area is 94.6 Å². The molecule has 0 radical (unpaired) electrons. The predicted octanol–water partition coefficient (Wildman–Crippen LogP) is 3.15. The minimum absolute atomic E-state index is 0.132. The SMILES string of the molecule is C#CCC(NCC)c1cccc(Cl)c1F. The van der Waals surface area contributed by atoms with Gasteiger partial charge in [0.15, 0.2) is 0 Å². The van der Waals surface area contributed by atoms with E-state index in [2.05, 4.69) is 11.2 Å². The Morgan fingerprint density at radius 3 is 2.93 bits per heavy atom. The first-order chi connectivity index (χ1) is 7.20. The molecule has 0 spiro atoms. The van der Waals surface area contributed by atoms with Crippen LogP contribution in [0.25, 0.3) is 0 Å². The van der Waals surface area contributed by atoms with Crippen molar-refractivity contribution < 1.29 is 4.39 Å². The third-order valence-corrected chi connectivity index (χ3v) is 2.42. The third-order valence-electron chi connectivity index (χ3n) is 2.13. The maximum Gasteiger partial charge on any atom is 0.146 e. The summed E-state index contributed by atoms with van der Waals surface area (Å²) in [5.74, 6) is 2.14. The molecule has 1 aromatic rings. The van der Waals surface area contributed by atoms with Crippen molar-refractivity contribution in [2.75, 3.05) is 6.54 Å². The van der Waals surface area contributed by atoms with Crippen molar-refractivity contribution in [1.82, 2.24) is 5.32 Å². The number of benzene rings is 1. The molecule has 3 heteroatoms. The minimum Gasteiger partial charge on any atom is -0.309 e. The Hall–Kier alpha value is -1.04. The lowest BCUT2D eigenvalue weighted by Crippen LogP contribution is -2.21. The number of hydrogen-bond acceptors (Lipinski definition) is 1. The van der Waals surface area contributed by atoms with Gasteiger partial charge in [-0.25, -0.2) is 4.39 Å². The average Bonchev–Trinajstić information content (AvgIpc) is 2.22. The fraction of sp³-hybridized carbons (Fsp3) is 0.333. The first kappa shape index (κ1) is 12.0. The molecule has 0 aromatic heterocycles. The molecule has 1 atom stereocenters. The number of hydrogen-bond donors (Lipinski definition) is 1. The van der Waals surface area contributed by atoms with E-state index in [4.69, 9.17) is 18.0 Å². The van der Waals surface area contributed by atoms with Crippen molar-refractivity contribution in [2.45, 2.75) is 19.4 Å². The van der Waals surface area contributed by atoms with Crippen LogP contribution in [0.1, 0.15) is 24.9 Å². The van der Waals surface area contributed by atoms with Gasteiger partial charge in [-0.15, -0.1) is 12.3 Å². The Kier molecular flexibility index (Phi) is 4.61. The molecule has 1 rings (SSSR count). The second-order valence-corrected chi connectivity index (χ2v) is 3.57. The fourth-order valence-corrected chi connectivity index (χ4v) is 1.63. The molecule has 1 N–H and O–H groups in total. The highest BCUT2D eigenvalue weighted by Gasteiger charge is 2.15. The normalized spacial score (nSPS) is 12.1. The van der Waals surface area contributed by atoms with Crippen molar-refractivity contribution in [1.29, 1.82) is 0 Å².